The van der Waals surface area contributed by atoms with Crippen LogP contribution in [0.1, 0.15) is 18.2 Å². The molecule has 0 aliphatic carbocycles. The van der Waals surface area contributed by atoms with Crippen LogP contribution in [0.5, 0.6) is 0 Å². The Hall–Kier alpha value is -1.96. The fourth-order valence-corrected chi connectivity index (χ4v) is 1.83. The van der Waals surface area contributed by atoms with E-state index in [0.717, 1.165) is 5.69 Å². The van der Waals surface area contributed by atoms with Gasteiger partial charge < -0.3 is 4.98 Å². The number of benzene rings is 1. The molecule has 0 fully saturated rings. The highest BCUT2D eigenvalue weighted by Crippen LogP contribution is 2.41. The Kier molecular flexibility index (Phi) is 2.58. The van der Waals surface area contributed by atoms with Gasteiger partial charge in [-0.1, -0.05) is 13.0 Å². The molecule has 0 saturated heterocycles. The van der Waals surface area contributed by atoms with E-state index >= 15 is 0 Å². The Morgan fingerprint density at radius 1 is 1.35 bits per heavy atom. The number of hydrogen-bond acceptors (Lipinski definition) is 0. The van der Waals surface area contributed by atoms with Crippen molar-refractivity contribution in [3.63, 3.8) is 0 Å². The maximum atomic E-state index is 12.9. The average molecular weight is 238 g/mol. The second-order valence-corrected chi connectivity index (χ2v) is 3.68. The van der Waals surface area contributed by atoms with Gasteiger partial charge in [-0.2, -0.15) is 13.2 Å². The third-order valence-corrected chi connectivity index (χ3v) is 2.62. The standard InChI is InChI=1S/C12H9F3N2/c1-3-7-6-8-9(17-7)4-5-10(16-2)11(8)12(13,14)15/h4-6,17H,3H2,1H3. The molecule has 2 nitrogen and oxygen atoms in total. The number of rotatable bonds is 1. The van der Waals surface area contributed by atoms with Crippen LogP contribution < -0.4 is 0 Å². The van der Waals surface area contributed by atoms with E-state index in [1.807, 2.05) is 6.92 Å². The number of nitrogens with zero attached hydrogens (tertiary/aromatic N) is 1. The van der Waals surface area contributed by atoms with Crippen LogP contribution >= 0.6 is 0 Å². The van der Waals surface area contributed by atoms with Gasteiger partial charge in [0.1, 0.15) is 0 Å². The van der Waals surface area contributed by atoms with Crippen molar-refractivity contribution in [3.05, 3.63) is 40.9 Å². The molecule has 5 heteroatoms. The van der Waals surface area contributed by atoms with Gasteiger partial charge in [0.05, 0.1) is 12.1 Å². The summed E-state index contributed by atoms with van der Waals surface area (Å²) in [5, 5.41) is 0.0721. The summed E-state index contributed by atoms with van der Waals surface area (Å²) in [6.45, 7) is 8.66. The molecule has 0 amide bonds. The van der Waals surface area contributed by atoms with Gasteiger partial charge in [-0.25, -0.2) is 4.85 Å². The molecule has 0 spiro atoms. The van der Waals surface area contributed by atoms with Crippen molar-refractivity contribution in [3.8, 4) is 0 Å². The Labute approximate surface area is 95.9 Å². The molecule has 0 aliphatic heterocycles. The fraction of sp³-hybridized carbons (Fsp3) is 0.250. The third-order valence-electron chi connectivity index (χ3n) is 2.62. The maximum Gasteiger partial charge on any atom is 0.408 e. The smallest absolute Gasteiger partial charge is 0.358 e. The molecule has 0 aliphatic rings. The Balaban J connectivity index is 2.84. The molecule has 1 aromatic carbocycles. The van der Waals surface area contributed by atoms with Gasteiger partial charge in [-0.05, 0) is 18.6 Å². The zero-order valence-electron chi connectivity index (χ0n) is 9.02. The van der Waals surface area contributed by atoms with Crippen molar-refractivity contribution in [2.24, 2.45) is 0 Å². The second kappa shape index (κ2) is 3.81. The lowest BCUT2D eigenvalue weighted by molar-refractivity contribution is -0.135. The highest BCUT2D eigenvalue weighted by molar-refractivity contribution is 5.89. The van der Waals surface area contributed by atoms with E-state index in [0.29, 0.717) is 11.9 Å². The molecule has 2 aromatic rings. The van der Waals surface area contributed by atoms with Gasteiger partial charge in [0, 0.05) is 16.6 Å². The molecule has 2 rings (SSSR count). The highest BCUT2D eigenvalue weighted by atomic mass is 19.4. The van der Waals surface area contributed by atoms with Crippen LogP contribution in [0, 0.1) is 6.57 Å². The Bertz CT molecular complexity index is 602. The summed E-state index contributed by atoms with van der Waals surface area (Å²) in [5.41, 5.74) is -0.0539. The monoisotopic (exact) mass is 238 g/mol. The molecule has 17 heavy (non-hydrogen) atoms. The number of H-pyrrole nitrogens is 1. The number of aromatic nitrogens is 1. The van der Waals surface area contributed by atoms with Gasteiger partial charge in [0.2, 0.25) is 0 Å². The molecule has 0 radical (unpaired) electrons. The summed E-state index contributed by atoms with van der Waals surface area (Å²) in [5.74, 6) is 0. The molecule has 0 bridgehead atoms. The number of hydrogen-bond donors (Lipinski definition) is 1. The SMILES string of the molecule is [C-]#[N+]c1ccc2[nH]c(CC)cc2c1C(F)(F)F. The minimum atomic E-state index is -4.51. The minimum absolute atomic E-state index is 0.0721. The van der Waals surface area contributed by atoms with Crippen LogP contribution in [-0.4, -0.2) is 4.98 Å². The maximum absolute atomic E-state index is 12.9. The number of alkyl halides is 3. The molecule has 1 N–H and O–H groups in total. The summed E-state index contributed by atoms with van der Waals surface area (Å²) in [6, 6.07) is 4.18. The van der Waals surface area contributed by atoms with Crippen LogP contribution in [0.2, 0.25) is 0 Å². The van der Waals surface area contributed by atoms with Gasteiger partial charge >= 0.3 is 6.18 Å². The Morgan fingerprint density at radius 3 is 2.59 bits per heavy atom. The fourth-order valence-electron chi connectivity index (χ4n) is 1.83. The van der Waals surface area contributed by atoms with Gasteiger partial charge in [-0.3, -0.25) is 0 Å². The van der Waals surface area contributed by atoms with E-state index in [9.17, 15) is 13.2 Å². The van der Waals surface area contributed by atoms with E-state index < -0.39 is 11.7 Å². The van der Waals surface area contributed by atoms with Crippen molar-refractivity contribution >= 4 is 16.6 Å². The van der Waals surface area contributed by atoms with Crippen molar-refractivity contribution in [1.29, 1.82) is 0 Å². The minimum Gasteiger partial charge on any atom is -0.358 e. The summed E-state index contributed by atoms with van der Waals surface area (Å²) >= 11 is 0. The second-order valence-electron chi connectivity index (χ2n) is 3.68. The van der Waals surface area contributed by atoms with Crippen LogP contribution in [0.15, 0.2) is 18.2 Å². The molecule has 88 valence electrons. The third kappa shape index (κ3) is 1.86. The number of halogens is 3. The quantitative estimate of drug-likeness (QED) is 0.715. The molecular formula is C12H9F3N2. The topological polar surface area (TPSA) is 20.1 Å². The normalized spacial score (nSPS) is 11.7. The zero-order valence-corrected chi connectivity index (χ0v) is 9.02. The lowest BCUT2D eigenvalue weighted by atomic mass is 10.1. The molecule has 1 heterocycles. The largest absolute Gasteiger partial charge is 0.408 e. The van der Waals surface area contributed by atoms with Gasteiger partial charge in [-0.15, -0.1) is 0 Å². The van der Waals surface area contributed by atoms with Crippen LogP contribution in [-0.2, 0) is 12.6 Å². The molecule has 0 atom stereocenters. The first-order valence-corrected chi connectivity index (χ1v) is 5.06. The first-order valence-electron chi connectivity index (χ1n) is 5.06. The van der Waals surface area contributed by atoms with E-state index in [4.69, 9.17) is 6.57 Å². The molecule has 0 saturated carbocycles. The van der Waals surface area contributed by atoms with E-state index in [1.165, 1.54) is 18.2 Å². The van der Waals surface area contributed by atoms with E-state index in [1.54, 1.807) is 0 Å². The lowest BCUT2D eigenvalue weighted by Gasteiger charge is -2.09. The first kappa shape index (κ1) is 11.5. The first-order chi connectivity index (χ1) is 7.97. The summed E-state index contributed by atoms with van der Waals surface area (Å²) in [4.78, 5) is 5.84. The van der Waals surface area contributed by atoms with Crippen LogP contribution in [0.3, 0.4) is 0 Å². The Morgan fingerprint density at radius 2 is 2.06 bits per heavy atom. The highest BCUT2D eigenvalue weighted by Gasteiger charge is 2.35. The molecule has 0 unspecified atom stereocenters. The number of nitrogens with one attached hydrogen (secondary N) is 1. The number of fused-ring (bicyclic) bond motifs is 1. The van der Waals surface area contributed by atoms with E-state index in [-0.39, 0.29) is 11.1 Å². The van der Waals surface area contributed by atoms with Crippen LogP contribution in [0.25, 0.3) is 15.7 Å². The molecular weight excluding hydrogens is 229 g/mol. The van der Waals surface area contributed by atoms with Crippen molar-refractivity contribution in [1.82, 2.24) is 4.98 Å². The predicted octanol–water partition coefficient (Wildman–Crippen LogP) is 4.30. The average Bonchev–Trinajstić information content (AvgIpc) is 2.68. The van der Waals surface area contributed by atoms with Gasteiger partial charge in [0.15, 0.2) is 5.69 Å². The molecule has 1 aromatic heterocycles. The zero-order chi connectivity index (χ0) is 12.6. The summed E-state index contributed by atoms with van der Waals surface area (Å²) < 4.78 is 38.8. The van der Waals surface area contributed by atoms with Crippen molar-refractivity contribution in [2.45, 2.75) is 19.5 Å². The predicted molar refractivity (Wildman–Crippen MR) is 58.9 cm³/mol. The van der Waals surface area contributed by atoms with E-state index in [2.05, 4.69) is 9.83 Å². The van der Waals surface area contributed by atoms with Crippen molar-refractivity contribution < 1.29 is 13.2 Å². The summed E-state index contributed by atoms with van der Waals surface area (Å²) in [6.07, 6.45) is -3.88. The number of aromatic amines is 1. The lowest BCUT2D eigenvalue weighted by Crippen LogP contribution is -2.05. The number of aryl methyl sites for hydroxylation is 1. The van der Waals surface area contributed by atoms with Crippen molar-refractivity contribution in [2.75, 3.05) is 0 Å². The van der Waals surface area contributed by atoms with Crippen LogP contribution in [0.4, 0.5) is 18.9 Å². The summed E-state index contributed by atoms with van der Waals surface area (Å²) in [7, 11) is 0. The van der Waals surface area contributed by atoms with Gasteiger partial charge in [0.25, 0.3) is 0 Å².